The number of hydrogen-bond donors (Lipinski definition) is 2. The van der Waals surface area contributed by atoms with Crippen molar-refractivity contribution in [1.29, 1.82) is 0 Å². The van der Waals surface area contributed by atoms with Crippen LogP contribution in [0.15, 0.2) is 24.3 Å². The van der Waals surface area contributed by atoms with Gasteiger partial charge in [-0.3, -0.25) is 4.79 Å². The van der Waals surface area contributed by atoms with E-state index < -0.39 is 0 Å². The SMILES string of the molecule is Cc1ccc(NC(=O)c2cc(NC3CCCC3)nc(C)n2)c(C)c1. The summed E-state index contributed by atoms with van der Waals surface area (Å²) < 4.78 is 0. The normalized spacial score (nSPS) is 14.6. The maximum atomic E-state index is 12.6. The highest BCUT2D eigenvalue weighted by atomic mass is 16.1. The maximum Gasteiger partial charge on any atom is 0.274 e. The number of hydrogen-bond acceptors (Lipinski definition) is 4. The number of carbonyl (C=O) groups is 1. The van der Waals surface area contributed by atoms with Gasteiger partial charge in [-0.2, -0.15) is 0 Å². The van der Waals surface area contributed by atoms with Gasteiger partial charge in [0.25, 0.3) is 5.91 Å². The predicted octanol–water partition coefficient (Wildman–Crippen LogP) is 4.01. The number of benzene rings is 1. The van der Waals surface area contributed by atoms with Crippen LogP contribution in [0.3, 0.4) is 0 Å². The number of nitrogens with zero attached hydrogens (tertiary/aromatic N) is 2. The highest BCUT2D eigenvalue weighted by molar-refractivity contribution is 6.03. The summed E-state index contributed by atoms with van der Waals surface area (Å²) in [4.78, 5) is 21.3. The van der Waals surface area contributed by atoms with Crippen molar-refractivity contribution in [2.75, 3.05) is 10.6 Å². The maximum absolute atomic E-state index is 12.6. The molecule has 0 radical (unpaired) electrons. The van der Waals surface area contributed by atoms with Gasteiger partial charge < -0.3 is 10.6 Å². The minimum Gasteiger partial charge on any atom is -0.367 e. The van der Waals surface area contributed by atoms with Crippen LogP contribution < -0.4 is 10.6 Å². The van der Waals surface area contributed by atoms with Crippen LogP contribution in [-0.2, 0) is 0 Å². The van der Waals surface area contributed by atoms with Crippen molar-refractivity contribution in [3.05, 3.63) is 46.9 Å². The van der Waals surface area contributed by atoms with Crippen molar-refractivity contribution in [3.63, 3.8) is 0 Å². The monoisotopic (exact) mass is 324 g/mol. The van der Waals surface area contributed by atoms with Gasteiger partial charge in [-0.1, -0.05) is 30.5 Å². The van der Waals surface area contributed by atoms with Gasteiger partial charge in [-0.25, -0.2) is 9.97 Å². The van der Waals surface area contributed by atoms with Gasteiger partial charge in [-0.15, -0.1) is 0 Å². The Morgan fingerprint density at radius 3 is 2.54 bits per heavy atom. The van der Waals surface area contributed by atoms with Crippen LogP contribution in [0.2, 0.25) is 0 Å². The molecule has 0 bridgehead atoms. The Kier molecular flexibility index (Phi) is 4.79. The Hall–Kier alpha value is -2.43. The first-order valence-corrected chi connectivity index (χ1v) is 8.52. The minimum atomic E-state index is -0.207. The van der Waals surface area contributed by atoms with Crippen LogP contribution in [-0.4, -0.2) is 21.9 Å². The van der Waals surface area contributed by atoms with Gasteiger partial charge in [0, 0.05) is 17.8 Å². The first-order chi connectivity index (χ1) is 11.5. The number of anilines is 2. The Labute approximate surface area is 142 Å². The van der Waals surface area contributed by atoms with E-state index in [0.717, 1.165) is 29.9 Å². The predicted molar refractivity (Wildman–Crippen MR) is 96.5 cm³/mol. The lowest BCUT2D eigenvalue weighted by Gasteiger charge is -2.14. The first-order valence-electron chi connectivity index (χ1n) is 8.52. The van der Waals surface area contributed by atoms with Crippen molar-refractivity contribution in [2.45, 2.75) is 52.5 Å². The fourth-order valence-corrected chi connectivity index (χ4v) is 3.18. The summed E-state index contributed by atoms with van der Waals surface area (Å²) >= 11 is 0. The molecule has 5 nitrogen and oxygen atoms in total. The van der Waals surface area contributed by atoms with Crippen molar-refractivity contribution >= 4 is 17.4 Å². The number of rotatable bonds is 4. The fraction of sp³-hybridized carbons (Fsp3) is 0.421. The van der Waals surface area contributed by atoms with Crippen LogP contribution in [0, 0.1) is 20.8 Å². The van der Waals surface area contributed by atoms with E-state index in [4.69, 9.17) is 0 Å². The van der Waals surface area contributed by atoms with E-state index >= 15 is 0 Å². The van der Waals surface area contributed by atoms with Crippen LogP contribution in [0.1, 0.15) is 53.1 Å². The third kappa shape index (κ3) is 3.91. The Morgan fingerprint density at radius 2 is 1.83 bits per heavy atom. The quantitative estimate of drug-likeness (QED) is 0.892. The molecule has 3 rings (SSSR count). The molecular formula is C19H24N4O. The van der Waals surface area contributed by atoms with E-state index in [1.807, 2.05) is 39.0 Å². The molecule has 24 heavy (non-hydrogen) atoms. The van der Waals surface area contributed by atoms with Crippen molar-refractivity contribution < 1.29 is 4.79 Å². The molecule has 2 aromatic rings. The Balaban J connectivity index is 1.77. The zero-order chi connectivity index (χ0) is 17.1. The molecule has 0 saturated heterocycles. The summed E-state index contributed by atoms with van der Waals surface area (Å²) in [5.41, 5.74) is 3.42. The van der Waals surface area contributed by atoms with Crippen LogP contribution in [0.5, 0.6) is 0 Å². The average molecular weight is 324 g/mol. The number of carbonyl (C=O) groups excluding carboxylic acids is 1. The molecule has 1 aliphatic carbocycles. The second kappa shape index (κ2) is 6.99. The van der Waals surface area contributed by atoms with E-state index in [1.54, 1.807) is 6.07 Å². The fourth-order valence-electron chi connectivity index (χ4n) is 3.18. The largest absolute Gasteiger partial charge is 0.367 e. The van der Waals surface area contributed by atoms with Crippen LogP contribution in [0.25, 0.3) is 0 Å². The number of aromatic nitrogens is 2. The summed E-state index contributed by atoms with van der Waals surface area (Å²) in [6.45, 7) is 5.84. The number of nitrogens with one attached hydrogen (secondary N) is 2. The Morgan fingerprint density at radius 1 is 1.08 bits per heavy atom. The molecule has 5 heteroatoms. The van der Waals surface area contributed by atoms with E-state index in [0.29, 0.717) is 17.6 Å². The zero-order valence-electron chi connectivity index (χ0n) is 14.5. The van der Waals surface area contributed by atoms with Gasteiger partial charge in [0.1, 0.15) is 17.3 Å². The molecule has 126 valence electrons. The second-order valence-corrected chi connectivity index (χ2v) is 6.58. The standard InChI is InChI=1S/C19H24N4O/c1-12-8-9-16(13(2)10-12)23-19(24)17-11-18(21-14(3)20-17)22-15-6-4-5-7-15/h8-11,15H,4-7H2,1-3H3,(H,23,24)(H,20,21,22). The molecule has 0 spiro atoms. The molecule has 1 saturated carbocycles. The molecule has 0 atom stereocenters. The van der Waals surface area contributed by atoms with E-state index in [1.165, 1.54) is 18.4 Å². The molecule has 1 aromatic carbocycles. The lowest BCUT2D eigenvalue weighted by atomic mass is 10.1. The Bertz CT molecular complexity index is 751. The van der Waals surface area contributed by atoms with Crippen molar-refractivity contribution in [2.24, 2.45) is 0 Å². The lowest BCUT2D eigenvalue weighted by Crippen LogP contribution is -2.19. The van der Waals surface area contributed by atoms with E-state index in [9.17, 15) is 4.79 Å². The molecule has 2 N–H and O–H groups in total. The van der Waals surface area contributed by atoms with E-state index in [2.05, 4.69) is 20.6 Å². The minimum absolute atomic E-state index is 0.207. The highest BCUT2D eigenvalue weighted by Gasteiger charge is 2.17. The molecule has 0 unspecified atom stereocenters. The van der Waals surface area contributed by atoms with Crippen LogP contribution >= 0.6 is 0 Å². The topological polar surface area (TPSA) is 66.9 Å². The molecule has 0 aliphatic heterocycles. The van der Waals surface area contributed by atoms with Crippen LogP contribution in [0.4, 0.5) is 11.5 Å². The summed E-state index contributed by atoms with van der Waals surface area (Å²) in [7, 11) is 0. The van der Waals surface area contributed by atoms with Gasteiger partial charge in [0.05, 0.1) is 0 Å². The highest BCUT2D eigenvalue weighted by Crippen LogP contribution is 2.22. The summed E-state index contributed by atoms with van der Waals surface area (Å²) in [6, 6.07) is 8.15. The smallest absolute Gasteiger partial charge is 0.274 e. The molecule has 1 fully saturated rings. The lowest BCUT2D eigenvalue weighted by molar-refractivity contribution is 0.102. The van der Waals surface area contributed by atoms with Gasteiger partial charge in [0.15, 0.2) is 0 Å². The second-order valence-electron chi connectivity index (χ2n) is 6.58. The average Bonchev–Trinajstić information content (AvgIpc) is 3.02. The molecule has 1 heterocycles. The molecule has 1 amide bonds. The summed E-state index contributed by atoms with van der Waals surface area (Å²) in [5, 5.41) is 6.37. The third-order valence-electron chi connectivity index (χ3n) is 4.41. The van der Waals surface area contributed by atoms with Gasteiger partial charge >= 0.3 is 0 Å². The van der Waals surface area contributed by atoms with Gasteiger partial charge in [-0.05, 0) is 45.2 Å². The van der Waals surface area contributed by atoms with Crippen molar-refractivity contribution in [3.8, 4) is 0 Å². The zero-order valence-corrected chi connectivity index (χ0v) is 14.5. The molecule has 1 aliphatic rings. The summed E-state index contributed by atoms with van der Waals surface area (Å²) in [5.74, 6) is 1.13. The number of aryl methyl sites for hydroxylation is 3. The van der Waals surface area contributed by atoms with Crippen molar-refractivity contribution in [1.82, 2.24) is 9.97 Å². The van der Waals surface area contributed by atoms with E-state index in [-0.39, 0.29) is 5.91 Å². The first kappa shape index (κ1) is 16.4. The summed E-state index contributed by atoms with van der Waals surface area (Å²) in [6.07, 6.45) is 4.82. The third-order valence-corrected chi connectivity index (χ3v) is 4.41. The molecular weight excluding hydrogens is 300 g/mol. The number of amides is 1. The molecule has 1 aromatic heterocycles. The van der Waals surface area contributed by atoms with Gasteiger partial charge in [0.2, 0.25) is 0 Å².